The Morgan fingerprint density at radius 1 is 1.45 bits per heavy atom. The molecule has 1 heterocycles. The quantitative estimate of drug-likeness (QED) is 0.275. The van der Waals surface area contributed by atoms with Gasteiger partial charge in [-0.3, -0.25) is 4.79 Å². The zero-order valence-corrected chi connectivity index (χ0v) is 5.95. The standard InChI is InChI=1S/C3H4N4O2S.Na.H/c1-2(8)9-3(10)4-6-7-5-3;;/h10H,1H3;;. The van der Waals surface area contributed by atoms with E-state index < -0.39 is 11.2 Å². The van der Waals surface area contributed by atoms with Gasteiger partial charge in [0.05, 0.1) is 0 Å². The molecule has 1 aliphatic rings. The molecule has 0 bridgehead atoms. The van der Waals surface area contributed by atoms with E-state index in [4.69, 9.17) is 0 Å². The fraction of sp³-hybridized carbons (Fsp3) is 0.667. The molecule has 0 saturated carbocycles. The summed E-state index contributed by atoms with van der Waals surface area (Å²) in [6.45, 7) is 1.22. The molecule has 0 aromatic carbocycles. The molecule has 0 spiro atoms. The molecule has 0 saturated heterocycles. The number of ether oxygens (including phenoxy) is 1. The van der Waals surface area contributed by atoms with Crippen LogP contribution >= 0.6 is 12.6 Å². The number of carbonyl (C=O) groups excluding carboxylic acids is 1. The van der Waals surface area contributed by atoms with Crippen molar-refractivity contribution in [3.63, 3.8) is 0 Å². The van der Waals surface area contributed by atoms with Gasteiger partial charge in [0.15, 0.2) is 0 Å². The molecule has 1 aliphatic heterocycles. The summed E-state index contributed by atoms with van der Waals surface area (Å²) in [6.07, 6.45) is 0. The monoisotopic (exact) mass is 184 g/mol. The Kier molecular flexibility index (Phi) is 4.16. The van der Waals surface area contributed by atoms with Crippen molar-refractivity contribution < 1.29 is 9.53 Å². The summed E-state index contributed by atoms with van der Waals surface area (Å²) in [5, 5.41) is 11.4. The Hall–Kier alpha value is 0.0200. The molecule has 0 atom stereocenters. The molecule has 6 nitrogen and oxygen atoms in total. The Morgan fingerprint density at radius 2 is 1.91 bits per heavy atom. The van der Waals surface area contributed by atoms with Crippen LogP contribution < -0.4 is 0 Å². The SMILES string of the molecule is CC(=O)OC1(S)N=NN=N1.[NaH]. The van der Waals surface area contributed by atoms with Crippen LogP contribution in [0, 0.1) is 0 Å². The molecule has 0 N–H and O–H groups in total. The Balaban J connectivity index is 0.000001000. The van der Waals surface area contributed by atoms with Gasteiger partial charge in [-0.15, -0.1) is 0 Å². The van der Waals surface area contributed by atoms with Crippen molar-refractivity contribution in [3.05, 3.63) is 0 Å². The maximum absolute atomic E-state index is 10.3. The molecule has 11 heavy (non-hydrogen) atoms. The molecule has 0 unspecified atom stereocenters. The third-order valence-electron chi connectivity index (χ3n) is 0.671. The van der Waals surface area contributed by atoms with Crippen molar-refractivity contribution in [1.29, 1.82) is 0 Å². The van der Waals surface area contributed by atoms with Crippen molar-refractivity contribution in [3.8, 4) is 0 Å². The normalized spacial score (nSPS) is 17.6. The van der Waals surface area contributed by atoms with E-state index >= 15 is 0 Å². The zero-order chi connectivity index (χ0) is 7.61. The van der Waals surface area contributed by atoms with Crippen molar-refractivity contribution >= 4 is 48.2 Å². The van der Waals surface area contributed by atoms with Crippen LogP contribution in [0.15, 0.2) is 20.7 Å². The number of hydrogen-bond acceptors (Lipinski definition) is 7. The summed E-state index contributed by atoms with van der Waals surface area (Å²) < 4.78 is 4.50. The number of nitrogens with zero attached hydrogens (tertiary/aromatic N) is 4. The van der Waals surface area contributed by atoms with Crippen LogP contribution in [0.2, 0.25) is 0 Å². The average molecular weight is 184 g/mol. The summed E-state index contributed by atoms with van der Waals surface area (Å²) in [5.41, 5.74) is 0. The van der Waals surface area contributed by atoms with Crippen LogP contribution in [-0.2, 0) is 9.53 Å². The predicted molar refractivity (Wildman–Crippen MR) is 40.3 cm³/mol. The van der Waals surface area contributed by atoms with Crippen LogP contribution in [-0.4, -0.2) is 40.7 Å². The fourth-order valence-corrected chi connectivity index (χ4v) is 0.619. The second-order valence-corrected chi connectivity index (χ2v) is 2.13. The third-order valence-corrected chi connectivity index (χ3v) is 0.941. The van der Waals surface area contributed by atoms with E-state index in [1.807, 2.05) is 0 Å². The number of thiol groups is 1. The van der Waals surface area contributed by atoms with Gasteiger partial charge < -0.3 is 4.74 Å². The average Bonchev–Trinajstić information content (AvgIpc) is 2.12. The number of esters is 1. The van der Waals surface area contributed by atoms with Crippen LogP contribution in [0.25, 0.3) is 0 Å². The first-order valence-electron chi connectivity index (χ1n) is 2.38. The predicted octanol–water partition coefficient (Wildman–Crippen LogP) is 0.275. The van der Waals surface area contributed by atoms with Crippen molar-refractivity contribution in [2.75, 3.05) is 0 Å². The van der Waals surface area contributed by atoms with Crippen molar-refractivity contribution in [2.45, 2.75) is 12.1 Å². The molecule has 0 amide bonds. The molecule has 8 heteroatoms. The molecule has 0 fully saturated rings. The van der Waals surface area contributed by atoms with Crippen LogP contribution in [0.5, 0.6) is 0 Å². The van der Waals surface area contributed by atoms with Crippen LogP contribution in [0.4, 0.5) is 0 Å². The molecular formula is C3H5N4NaO2S. The zero-order valence-electron chi connectivity index (χ0n) is 5.05. The van der Waals surface area contributed by atoms with Gasteiger partial charge in [0, 0.05) is 6.92 Å². The van der Waals surface area contributed by atoms with Gasteiger partial charge in [0.1, 0.15) is 0 Å². The molecule has 0 aromatic rings. The van der Waals surface area contributed by atoms with E-state index in [-0.39, 0.29) is 29.6 Å². The van der Waals surface area contributed by atoms with Crippen molar-refractivity contribution in [1.82, 2.24) is 0 Å². The molecule has 0 aromatic heterocycles. The van der Waals surface area contributed by atoms with E-state index in [0.29, 0.717) is 0 Å². The summed E-state index contributed by atoms with van der Waals surface area (Å²) >= 11 is 3.76. The summed E-state index contributed by atoms with van der Waals surface area (Å²) in [5.74, 6) is -0.533. The van der Waals surface area contributed by atoms with Gasteiger partial charge in [-0.25, -0.2) is 0 Å². The molecule has 56 valence electrons. The summed E-state index contributed by atoms with van der Waals surface area (Å²) in [4.78, 5) is 10.3. The van der Waals surface area contributed by atoms with Crippen LogP contribution in [0.3, 0.4) is 0 Å². The number of hydrogen-bond donors (Lipinski definition) is 1. The van der Waals surface area contributed by atoms with E-state index in [1.165, 1.54) is 6.92 Å². The first-order chi connectivity index (χ1) is 4.62. The van der Waals surface area contributed by atoms with Crippen molar-refractivity contribution in [2.24, 2.45) is 20.7 Å². The minimum atomic E-state index is -1.52. The summed E-state index contributed by atoms with van der Waals surface area (Å²) in [6, 6.07) is 0. The summed E-state index contributed by atoms with van der Waals surface area (Å²) in [7, 11) is 0. The number of rotatable bonds is 1. The van der Waals surface area contributed by atoms with E-state index in [9.17, 15) is 4.79 Å². The third kappa shape index (κ3) is 3.28. The van der Waals surface area contributed by atoms with Gasteiger partial charge in [-0.05, 0) is 10.4 Å². The van der Waals surface area contributed by atoms with E-state index in [1.54, 1.807) is 0 Å². The molecular weight excluding hydrogens is 179 g/mol. The number of carbonyl (C=O) groups is 1. The Bertz CT molecular complexity index is 205. The van der Waals surface area contributed by atoms with E-state index in [0.717, 1.165) is 0 Å². The Labute approximate surface area is 90.2 Å². The van der Waals surface area contributed by atoms with Gasteiger partial charge in [0.25, 0.3) is 0 Å². The van der Waals surface area contributed by atoms with Gasteiger partial charge in [0.2, 0.25) is 0 Å². The maximum atomic E-state index is 10.3. The first-order valence-corrected chi connectivity index (χ1v) is 2.83. The molecule has 1 rings (SSSR count). The second-order valence-electron chi connectivity index (χ2n) is 1.55. The minimum absolute atomic E-state index is 0. The molecule has 0 aliphatic carbocycles. The van der Waals surface area contributed by atoms with Crippen LogP contribution in [0.1, 0.15) is 6.92 Å². The fourth-order valence-electron chi connectivity index (χ4n) is 0.410. The van der Waals surface area contributed by atoms with Gasteiger partial charge in [-0.2, -0.15) is 0 Å². The van der Waals surface area contributed by atoms with Gasteiger partial charge >= 0.3 is 40.7 Å². The van der Waals surface area contributed by atoms with E-state index in [2.05, 4.69) is 38.0 Å². The molecule has 0 radical (unpaired) electrons. The second kappa shape index (κ2) is 4.15. The topological polar surface area (TPSA) is 75.7 Å². The first kappa shape index (κ1) is 11.0. The van der Waals surface area contributed by atoms with Gasteiger partial charge in [-0.1, -0.05) is 22.9 Å². The Morgan fingerprint density at radius 3 is 2.27 bits per heavy atom.